The molecule has 17 heavy (non-hydrogen) atoms. The van der Waals surface area contributed by atoms with E-state index in [0.29, 0.717) is 5.02 Å². The number of nitrogens with two attached hydrogens (primary N) is 1. The smallest absolute Gasteiger partial charge is 0.108 e. The van der Waals surface area contributed by atoms with Gasteiger partial charge in [-0.25, -0.2) is 0 Å². The maximum Gasteiger partial charge on any atom is 0.108 e. The van der Waals surface area contributed by atoms with Crippen molar-refractivity contribution in [3.8, 4) is 0 Å². The van der Waals surface area contributed by atoms with Gasteiger partial charge in [-0.2, -0.15) is 5.10 Å². The van der Waals surface area contributed by atoms with Gasteiger partial charge < -0.3 is 10.2 Å². The second-order valence-electron chi connectivity index (χ2n) is 3.82. The van der Waals surface area contributed by atoms with Crippen LogP contribution in [0.1, 0.15) is 36.9 Å². The van der Waals surface area contributed by atoms with E-state index in [1.807, 2.05) is 24.6 Å². The van der Waals surface area contributed by atoms with Crippen LogP contribution in [0, 0.1) is 0 Å². The van der Waals surface area contributed by atoms with Crippen molar-refractivity contribution in [2.45, 2.75) is 32.9 Å². The van der Waals surface area contributed by atoms with Crippen molar-refractivity contribution in [3.05, 3.63) is 40.6 Å². The van der Waals surface area contributed by atoms with Crippen LogP contribution < -0.4 is 5.73 Å². The van der Waals surface area contributed by atoms with Gasteiger partial charge in [0, 0.05) is 18.5 Å². The topological polar surface area (TPSA) is 57.0 Å². The van der Waals surface area contributed by atoms with E-state index in [9.17, 15) is 0 Å². The molecule has 0 aliphatic heterocycles. The minimum Gasteiger partial charge on any atom is -0.469 e. The Bertz CT molecular complexity index is 504. The summed E-state index contributed by atoms with van der Waals surface area (Å²) in [6, 6.07) is 1.60. The molecule has 0 bridgehead atoms. The Hall–Kier alpha value is -1.26. The number of hydrogen-bond acceptors (Lipinski definition) is 3. The van der Waals surface area contributed by atoms with Gasteiger partial charge in [-0.1, -0.05) is 18.5 Å². The van der Waals surface area contributed by atoms with Crippen LogP contribution >= 0.6 is 11.6 Å². The summed E-state index contributed by atoms with van der Waals surface area (Å²) in [4.78, 5) is 0. The zero-order valence-electron chi connectivity index (χ0n) is 9.98. The summed E-state index contributed by atoms with van der Waals surface area (Å²) in [7, 11) is 0. The highest BCUT2D eigenvalue weighted by molar-refractivity contribution is 6.31. The van der Waals surface area contributed by atoms with Crippen molar-refractivity contribution in [2.24, 2.45) is 5.73 Å². The largest absolute Gasteiger partial charge is 0.469 e. The van der Waals surface area contributed by atoms with E-state index in [-0.39, 0.29) is 6.04 Å². The summed E-state index contributed by atoms with van der Waals surface area (Å²) >= 11 is 6.14. The van der Waals surface area contributed by atoms with Gasteiger partial charge in [-0.3, -0.25) is 4.68 Å². The van der Waals surface area contributed by atoms with Gasteiger partial charge in [0.25, 0.3) is 0 Å². The van der Waals surface area contributed by atoms with E-state index in [1.54, 1.807) is 12.5 Å². The fourth-order valence-electron chi connectivity index (χ4n) is 2.00. The molecule has 0 aromatic carbocycles. The van der Waals surface area contributed by atoms with Crippen LogP contribution in [0.3, 0.4) is 0 Å². The second kappa shape index (κ2) is 4.94. The SMILES string of the molecule is CCc1occc1C(N)c1c(Cl)cnn1CC. The van der Waals surface area contributed by atoms with Crippen molar-refractivity contribution >= 4 is 11.6 Å². The molecule has 0 radical (unpaired) electrons. The molecule has 0 aliphatic rings. The average Bonchev–Trinajstić information content (AvgIpc) is 2.93. The maximum atomic E-state index is 6.25. The molecule has 0 saturated heterocycles. The summed E-state index contributed by atoms with van der Waals surface area (Å²) in [5.41, 5.74) is 8.07. The van der Waals surface area contributed by atoms with E-state index >= 15 is 0 Å². The summed E-state index contributed by atoms with van der Waals surface area (Å²) < 4.78 is 7.21. The van der Waals surface area contributed by atoms with Crippen molar-refractivity contribution in [1.29, 1.82) is 0 Å². The lowest BCUT2D eigenvalue weighted by Crippen LogP contribution is -2.18. The molecule has 2 heterocycles. The van der Waals surface area contributed by atoms with Crippen LogP contribution in [-0.4, -0.2) is 9.78 Å². The zero-order chi connectivity index (χ0) is 12.4. The van der Waals surface area contributed by atoms with E-state index in [4.69, 9.17) is 21.8 Å². The Labute approximate surface area is 105 Å². The van der Waals surface area contributed by atoms with Crippen LogP contribution in [0.15, 0.2) is 22.9 Å². The molecule has 0 spiro atoms. The summed E-state index contributed by atoms with van der Waals surface area (Å²) in [6.45, 7) is 4.79. The minimum atomic E-state index is -0.293. The van der Waals surface area contributed by atoms with Gasteiger partial charge in [-0.05, 0) is 13.0 Å². The molecular weight excluding hydrogens is 238 g/mol. The molecule has 0 fully saturated rings. The van der Waals surface area contributed by atoms with Crippen LogP contribution in [0.4, 0.5) is 0 Å². The van der Waals surface area contributed by atoms with Crippen molar-refractivity contribution in [3.63, 3.8) is 0 Å². The van der Waals surface area contributed by atoms with E-state index in [0.717, 1.165) is 30.0 Å². The molecule has 5 heteroatoms. The second-order valence-corrected chi connectivity index (χ2v) is 4.23. The van der Waals surface area contributed by atoms with Crippen LogP contribution in [0.2, 0.25) is 5.02 Å². The monoisotopic (exact) mass is 253 g/mol. The first-order valence-electron chi connectivity index (χ1n) is 5.72. The van der Waals surface area contributed by atoms with Crippen LogP contribution in [0.5, 0.6) is 0 Å². The Morgan fingerprint density at radius 1 is 1.53 bits per heavy atom. The molecule has 92 valence electrons. The van der Waals surface area contributed by atoms with E-state index < -0.39 is 0 Å². The zero-order valence-corrected chi connectivity index (χ0v) is 10.7. The molecule has 4 nitrogen and oxygen atoms in total. The molecule has 1 unspecified atom stereocenters. The van der Waals surface area contributed by atoms with Crippen LogP contribution in [-0.2, 0) is 13.0 Å². The Morgan fingerprint density at radius 2 is 2.29 bits per heavy atom. The quantitative estimate of drug-likeness (QED) is 0.912. The number of aromatic nitrogens is 2. The first kappa shape index (κ1) is 12.2. The third-order valence-electron chi connectivity index (χ3n) is 2.86. The predicted octanol–water partition coefficient (Wildman–Crippen LogP) is 2.76. The number of rotatable bonds is 4. The number of nitrogens with zero attached hydrogens (tertiary/aromatic N) is 2. The normalized spacial score (nSPS) is 12.9. The first-order valence-corrected chi connectivity index (χ1v) is 6.09. The van der Waals surface area contributed by atoms with Crippen molar-refractivity contribution in [1.82, 2.24) is 9.78 Å². The van der Waals surface area contributed by atoms with E-state index in [1.165, 1.54) is 0 Å². The average molecular weight is 254 g/mol. The first-order chi connectivity index (χ1) is 8.19. The Balaban J connectivity index is 2.43. The molecule has 1 atom stereocenters. The Morgan fingerprint density at radius 3 is 2.94 bits per heavy atom. The van der Waals surface area contributed by atoms with Gasteiger partial charge >= 0.3 is 0 Å². The number of aryl methyl sites for hydroxylation is 2. The fraction of sp³-hybridized carbons (Fsp3) is 0.417. The summed E-state index contributed by atoms with van der Waals surface area (Å²) in [5, 5.41) is 4.79. The van der Waals surface area contributed by atoms with Gasteiger partial charge in [0.15, 0.2) is 0 Å². The van der Waals surface area contributed by atoms with Gasteiger partial charge in [0.1, 0.15) is 5.76 Å². The predicted molar refractivity (Wildman–Crippen MR) is 67.0 cm³/mol. The summed E-state index contributed by atoms with van der Waals surface area (Å²) in [6.07, 6.45) is 4.11. The van der Waals surface area contributed by atoms with Gasteiger partial charge in [-0.15, -0.1) is 0 Å². The Kier molecular flexibility index (Phi) is 3.54. The molecule has 2 rings (SSSR count). The molecule has 2 aromatic heterocycles. The third kappa shape index (κ3) is 2.10. The third-order valence-corrected chi connectivity index (χ3v) is 3.15. The minimum absolute atomic E-state index is 0.293. The number of halogens is 1. The number of hydrogen-bond donors (Lipinski definition) is 1. The molecule has 0 amide bonds. The highest BCUT2D eigenvalue weighted by atomic mass is 35.5. The van der Waals surface area contributed by atoms with Crippen LogP contribution in [0.25, 0.3) is 0 Å². The van der Waals surface area contributed by atoms with Crippen molar-refractivity contribution < 1.29 is 4.42 Å². The van der Waals surface area contributed by atoms with Crippen molar-refractivity contribution in [2.75, 3.05) is 0 Å². The maximum absolute atomic E-state index is 6.25. The lowest BCUT2D eigenvalue weighted by atomic mass is 10.0. The lowest BCUT2D eigenvalue weighted by molar-refractivity contribution is 0.506. The van der Waals surface area contributed by atoms with E-state index in [2.05, 4.69) is 5.10 Å². The molecule has 0 saturated carbocycles. The van der Waals surface area contributed by atoms with Gasteiger partial charge in [0.05, 0.1) is 29.2 Å². The lowest BCUT2D eigenvalue weighted by Gasteiger charge is -2.14. The summed E-state index contributed by atoms with van der Waals surface area (Å²) in [5.74, 6) is 0.900. The molecular formula is C12H16ClN3O. The molecule has 2 aromatic rings. The standard InChI is InChI=1S/C12H16ClN3O/c1-3-10-8(5-6-17-10)11(14)12-9(13)7-15-16(12)4-2/h5-7,11H,3-4,14H2,1-2H3. The highest BCUT2D eigenvalue weighted by Gasteiger charge is 2.21. The highest BCUT2D eigenvalue weighted by Crippen LogP contribution is 2.29. The molecule has 0 aliphatic carbocycles. The van der Waals surface area contributed by atoms with Gasteiger partial charge in [0.2, 0.25) is 0 Å². The fourth-order valence-corrected chi connectivity index (χ4v) is 2.25. The number of furan rings is 1. The molecule has 2 N–H and O–H groups in total.